The molecule has 0 radical (unpaired) electrons. The van der Waals surface area contributed by atoms with Gasteiger partial charge in [0.2, 0.25) is 0 Å². The Morgan fingerprint density at radius 3 is 2.08 bits per heavy atom. The number of benzene rings is 2. The number of nitrogens with one attached hydrogen (secondary N) is 1. The average Bonchev–Trinajstić information content (AvgIpc) is 3.06. The first-order valence-corrected chi connectivity index (χ1v) is 10.1. The molecular weight excluding hydrogens is 360 g/mol. The van der Waals surface area contributed by atoms with Gasteiger partial charge in [-0.3, -0.25) is 5.32 Å². The highest BCUT2D eigenvalue weighted by molar-refractivity contribution is 8.12. The molecule has 2 aromatic carbocycles. The molecule has 1 heterocycles. The van der Waals surface area contributed by atoms with Crippen molar-refractivity contribution < 1.29 is 17.0 Å². The fraction of sp³-hybridized carbons (Fsp3) is 0.409. The second-order valence-corrected chi connectivity index (χ2v) is 8.00. The summed E-state index contributed by atoms with van der Waals surface area (Å²) in [6.07, 6.45) is 0. The van der Waals surface area contributed by atoms with Crippen molar-refractivity contribution in [2.75, 3.05) is 13.1 Å². The Kier molecular flexibility index (Phi) is 7.19. The smallest absolute Gasteiger partial charge is 0.307 e. The number of amidine groups is 1. The van der Waals surface area contributed by atoms with Gasteiger partial charge in [0, 0.05) is 5.75 Å². The molecule has 0 unspecified atom stereocenters. The van der Waals surface area contributed by atoms with Gasteiger partial charge >= 0.3 is 5.17 Å². The SMILES string of the molecule is Cc1c(C)c(C)c(CSC2=[N+](Cc3ccccc3)CCN2)c(C)c1C.[Cl-]. The monoisotopic (exact) mass is 388 g/mol. The number of hydrogen-bond acceptors (Lipinski definition) is 2. The van der Waals surface area contributed by atoms with E-state index in [2.05, 4.69) is 74.8 Å². The first-order valence-electron chi connectivity index (χ1n) is 9.07. The van der Waals surface area contributed by atoms with E-state index in [1.807, 2.05) is 11.8 Å². The van der Waals surface area contributed by atoms with Crippen molar-refractivity contribution in [2.45, 2.75) is 46.9 Å². The van der Waals surface area contributed by atoms with Crippen molar-refractivity contribution in [1.82, 2.24) is 5.32 Å². The van der Waals surface area contributed by atoms with E-state index in [4.69, 9.17) is 0 Å². The third-order valence-electron chi connectivity index (χ3n) is 5.67. The first kappa shape index (κ1) is 20.9. The van der Waals surface area contributed by atoms with E-state index in [1.54, 1.807) is 0 Å². The predicted molar refractivity (Wildman–Crippen MR) is 110 cm³/mol. The van der Waals surface area contributed by atoms with Gasteiger partial charge in [0.15, 0.2) is 0 Å². The largest absolute Gasteiger partial charge is 1.00 e. The maximum absolute atomic E-state index is 3.58. The second-order valence-electron chi connectivity index (χ2n) is 7.03. The van der Waals surface area contributed by atoms with Gasteiger partial charge in [0.05, 0.1) is 0 Å². The highest BCUT2D eigenvalue weighted by Gasteiger charge is 2.22. The summed E-state index contributed by atoms with van der Waals surface area (Å²) in [7, 11) is 0. The zero-order valence-corrected chi connectivity index (χ0v) is 18.0. The second kappa shape index (κ2) is 8.96. The van der Waals surface area contributed by atoms with Crippen molar-refractivity contribution in [3.63, 3.8) is 0 Å². The minimum Gasteiger partial charge on any atom is -1.00 e. The lowest BCUT2D eigenvalue weighted by Gasteiger charge is -2.18. The van der Waals surface area contributed by atoms with Crippen LogP contribution in [-0.2, 0) is 12.3 Å². The molecule has 0 saturated heterocycles. The topological polar surface area (TPSA) is 15.0 Å². The summed E-state index contributed by atoms with van der Waals surface area (Å²) >= 11 is 1.95. The highest BCUT2D eigenvalue weighted by Crippen LogP contribution is 2.29. The Morgan fingerprint density at radius 1 is 0.885 bits per heavy atom. The molecule has 0 saturated carbocycles. The molecule has 26 heavy (non-hydrogen) atoms. The molecule has 0 aromatic heterocycles. The van der Waals surface area contributed by atoms with Crippen molar-refractivity contribution in [2.24, 2.45) is 0 Å². The van der Waals surface area contributed by atoms with Gasteiger partial charge in [0.25, 0.3) is 0 Å². The van der Waals surface area contributed by atoms with Crippen molar-refractivity contribution in [3.8, 4) is 0 Å². The quantitative estimate of drug-likeness (QED) is 0.801. The normalized spacial score (nSPS) is 13.6. The van der Waals surface area contributed by atoms with Crippen LogP contribution in [-0.4, -0.2) is 22.8 Å². The van der Waals surface area contributed by atoms with Crippen LogP contribution < -0.4 is 17.7 Å². The van der Waals surface area contributed by atoms with E-state index < -0.39 is 0 Å². The molecule has 2 nitrogen and oxygen atoms in total. The lowest BCUT2D eigenvalue weighted by atomic mass is 9.90. The van der Waals surface area contributed by atoms with Crippen molar-refractivity contribution in [1.29, 1.82) is 0 Å². The van der Waals surface area contributed by atoms with Gasteiger partial charge in [-0.25, -0.2) is 4.58 Å². The average molecular weight is 389 g/mol. The molecule has 0 spiro atoms. The van der Waals surface area contributed by atoms with Crippen LogP contribution in [0.5, 0.6) is 0 Å². The zero-order chi connectivity index (χ0) is 18.0. The van der Waals surface area contributed by atoms with Gasteiger partial charge < -0.3 is 12.4 Å². The zero-order valence-electron chi connectivity index (χ0n) is 16.4. The van der Waals surface area contributed by atoms with Gasteiger partial charge in [-0.1, -0.05) is 30.3 Å². The summed E-state index contributed by atoms with van der Waals surface area (Å²) in [5.41, 5.74) is 10.1. The van der Waals surface area contributed by atoms with Crippen LogP contribution in [0.3, 0.4) is 0 Å². The molecule has 0 atom stereocenters. The Labute approximate surface area is 168 Å². The molecule has 0 bridgehead atoms. The molecule has 1 N–H and O–H groups in total. The maximum atomic E-state index is 3.58. The Morgan fingerprint density at radius 2 is 1.46 bits per heavy atom. The predicted octanol–water partition coefficient (Wildman–Crippen LogP) is 1.64. The van der Waals surface area contributed by atoms with Crippen molar-refractivity contribution in [3.05, 3.63) is 69.3 Å². The fourth-order valence-electron chi connectivity index (χ4n) is 3.54. The molecule has 140 valence electrons. The van der Waals surface area contributed by atoms with E-state index in [0.717, 1.165) is 25.4 Å². The number of rotatable bonds is 4. The van der Waals surface area contributed by atoms with Crippen LogP contribution in [0, 0.1) is 34.6 Å². The van der Waals surface area contributed by atoms with Crippen LogP contribution in [0.4, 0.5) is 0 Å². The van der Waals surface area contributed by atoms with Crippen LogP contribution in [0.1, 0.15) is 38.9 Å². The third kappa shape index (κ3) is 4.27. The molecule has 4 heteroatoms. The summed E-state index contributed by atoms with van der Waals surface area (Å²) < 4.78 is 2.47. The minimum absolute atomic E-state index is 0. The number of halogens is 1. The lowest BCUT2D eigenvalue weighted by Crippen LogP contribution is -3.00. The Hall–Kier alpha value is -1.45. The van der Waals surface area contributed by atoms with Crippen LogP contribution in [0.15, 0.2) is 30.3 Å². The van der Waals surface area contributed by atoms with Crippen LogP contribution >= 0.6 is 11.8 Å². The van der Waals surface area contributed by atoms with E-state index in [1.165, 1.54) is 44.1 Å². The summed E-state index contributed by atoms with van der Waals surface area (Å²) in [4.78, 5) is 0. The summed E-state index contributed by atoms with van der Waals surface area (Å²) in [5.74, 6) is 1.03. The Bertz CT molecular complexity index is 784. The standard InChI is InChI=1S/C22H28N2S.ClH/c1-15-16(2)18(4)21(19(5)17(15)3)14-25-22-23-11-12-24(22)13-20-9-7-6-8-10-20;/h6-10H,11-14H2,1-5H3;1H. The first-order chi connectivity index (χ1) is 12.0. The number of thioether (sulfide) groups is 1. The summed E-state index contributed by atoms with van der Waals surface area (Å²) in [5, 5.41) is 4.90. The van der Waals surface area contributed by atoms with Gasteiger partial charge in [-0.2, -0.15) is 0 Å². The molecule has 0 amide bonds. The van der Waals surface area contributed by atoms with Crippen LogP contribution in [0.25, 0.3) is 0 Å². The lowest BCUT2D eigenvalue weighted by molar-refractivity contribution is -0.531. The molecule has 1 aliphatic rings. The molecule has 0 aliphatic carbocycles. The van der Waals surface area contributed by atoms with E-state index in [-0.39, 0.29) is 12.4 Å². The van der Waals surface area contributed by atoms with Gasteiger partial charge in [-0.15, -0.1) is 0 Å². The molecular formula is C22H29ClN2S. The minimum atomic E-state index is 0. The summed E-state index contributed by atoms with van der Waals surface area (Å²) in [6, 6.07) is 10.7. The third-order valence-corrected chi connectivity index (χ3v) is 6.78. The van der Waals surface area contributed by atoms with E-state index >= 15 is 0 Å². The molecule has 0 fully saturated rings. The van der Waals surface area contributed by atoms with E-state index in [0.29, 0.717) is 0 Å². The highest BCUT2D eigenvalue weighted by atomic mass is 35.5. The summed E-state index contributed by atoms with van der Waals surface area (Å²) in [6.45, 7) is 14.4. The number of nitrogens with zero attached hydrogens (tertiary/aromatic N) is 1. The maximum Gasteiger partial charge on any atom is 0.307 e. The molecule has 3 rings (SSSR count). The fourth-order valence-corrected chi connectivity index (χ4v) is 4.80. The van der Waals surface area contributed by atoms with Gasteiger partial charge in [0.1, 0.15) is 19.6 Å². The van der Waals surface area contributed by atoms with Crippen molar-refractivity contribution >= 4 is 16.9 Å². The number of hydrogen-bond donors (Lipinski definition) is 1. The molecule has 2 aromatic rings. The van der Waals surface area contributed by atoms with E-state index in [9.17, 15) is 0 Å². The Balaban J connectivity index is 0.00000243. The van der Waals surface area contributed by atoms with Gasteiger partial charge in [-0.05, 0) is 85.3 Å². The molecule has 1 aliphatic heterocycles. The van der Waals surface area contributed by atoms with Crippen LogP contribution in [0.2, 0.25) is 0 Å².